The maximum Gasteiger partial charge on any atom is 0.416 e. The Hall–Kier alpha value is -1.93. The van der Waals surface area contributed by atoms with Crippen LogP contribution < -0.4 is 10.6 Å². The number of aromatic nitrogens is 1. The van der Waals surface area contributed by atoms with Gasteiger partial charge in [-0.3, -0.25) is 4.79 Å². The fraction of sp³-hybridized carbons (Fsp3) is 0.474. The Labute approximate surface area is 159 Å². The number of thiazole rings is 1. The standard InChI is InChI=1S/C19H20F3N3OS/c20-19(21,22)14-3-1-2-13(10-14)18(6-7-18)16(26)25-17-24-11-15(27-17)12-4-8-23-9-5-12/h1-3,10-12,23H,4-9H2,(H,24,25,26). The average molecular weight is 395 g/mol. The molecular weight excluding hydrogens is 375 g/mol. The first-order valence-electron chi connectivity index (χ1n) is 9.04. The molecule has 1 aromatic carbocycles. The van der Waals surface area contributed by atoms with Crippen LogP contribution in [-0.2, 0) is 16.4 Å². The van der Waals surface area contributed by atoms with Crippen molar-refractivity contribution < 1.29 is 18.0 Å². The Morgan fingerprint density at radius 3 is 2.67 bits per heavy atom. The van der Waals surface area contributed by atoms with Gasteiger partial charge in [-0.05, 0) is 56.3 Å². The van der Waals surface area contributed by atoms with Crippen LogP contribution in [0.4, 0.5) is 18.3 Å². The lowest BCUT2D eigenvalue weighted by molar-refractivity contribution is -0.137. The molecule has 2 N–H and O–H groups in total. The van der Waals surface area contributed by atoms with E-state index in [1.165, 1.54) is 17.4 Å². The third kappa shape index (κ3) is 3.73. The van der Waals surface area contributed by atoms with Gasteiger partial charge in [0.25, 0.3) is 0 Å². The Balaban J connectivity index is 1.49. The average Bonchev–Trinajstić information content (AvgIpc) is 3.35. The lowest BCUT2D eigenvalue weighted by atomic mass is 9.93. The number of hydrogen-bond acceptors (Lipinski definition) is 4. The zero-order valence-corrected chi connectivity index (χ0v) is 15.4. The number of hydrogen-bond donors (Lipinski definition) is 2. The zero-order chi connectivity index (χ0) is 19.1. The van der Waals surface area contributed by atoms with E-state index in [1.807, 2.05) is 0 Å². The third-order valence-electron chi connectivity index (χ3n) is 5.41. The van der Waals surface area contributed by atoms with Crippen LogP contribution in [0, 0.1) is 0 Å². The van der Waals surface area contributed by atoms with Crippen molar-refractivity contribution >= 4 is 22.4 Å². The molecule has 1 aliphatic heterocycles. The third-order valence-corrected chi connectivity index (χ3v) is 6.49. The summed E-state index contributed by atoms with van der Waals surface area (Å²) in [6.07, 6.45) is 0.578. The minimum absolute atomic E-state index is 0.270. The highest BCUT2D eigenvalue weighted by Crippen LogP contribution is 2.50. The summed E-state index contributed by atoms with van der Waals surface area (Å²) < 4.78 is 39.0. The van der Waals surface area contributed by atoms with Crippen molar-refractivity contribution in [1.82, 2.24) is 10.3 Å². The maximum absolute atomic E-state index is 13.0. The van der Waals surface area contributed by atoms with E-state index < -0.39 is 17.2 Å². The lowest BCUT2D eigenvalue weighted by Gasteiger charge is -2.20. The monoisotopic (exact) mass is 395 g/mol. The molecule has 1 saturated carbocycles. The van der Waals surface area contributed by atoms with Gasteiger partial charge in [0.1, 0.15) is 0 Å². The molecule has 8 heteroatoms. The van der Waals surface area contributed by atoms with Gasteiger partial charge in [0.2, 0.25) is 5.91 Å². The van der Waals surface area contributed by atoms with E-state index in [-0.39, 0.29) is 5.91 Å². The Morgan fingerprint density at radius 2 is 2.00 bits per heavy atom. The molecule has 1 aliphatic carbocycles. The van der Waals surface area contributed by atoms with E-state index in [9.17, 15) is 18.0 Å². The topological polar surface area (TPSA) is 54.0 Å². The number of anilines is 1. The quantitative estimate of drug-likeness (QED) is 0.812. The first kappa shape index (κ1) is 18.4. The minimum atomic E-state index is -4.42. The van der Waals surface area contributed by atoms with Crippen LogP contribution >= 0.6 is 11.3 Å². The summed E-state index contributed by atoms with van der Waals surface area (Å²) in [5.41, 5.74) is -1.17. The molecule has 2 fully saturated rings. The van der Waals surface area contributed by atoms with Gasteiger partial charge in [-0.15, -0.1) is 11.3 Å². The highest BCUT2D eigenvalue weighted by atomic mass is 32.1. The first-order valence-corrected chi connectivity index (χ1v) is 9.86. The van der Waals surface area contributed by atoms with Crippen LogP contribution in [0.3, 0.4) is 0 Å². The van der Waals surface area contributed by atoms with Crippen LogP contribution in [0.5, 0.6) is 0 Å². The number of alkyl halides is 3. The predicted molar refractivity (Wildman–Crippen MR) is 97.9 cm³/mol. The fourth-order valence-electron chi connectivity index (χ4n) is 3.62. The van der Waals surface area contributed by atoms with Crippen LogP contribution in [-0.4, -0.2) is 24.0 Å². The number of carbonyl (C=O) groups is 1. The number of nitrogens with one attached hydrogen (secondary N) is 2. The van der Waals surface area contributed by atoms with Crippen molar-refractivity contribution in [1.29, 1.82) is 0 Å². The summed E-state index contributed by atoms with van der Waals surface area (Å²) in [5.74, 6) is 0.181. The van der Waals surface area contributed by atoms with Crippen molar-refractivity contribution in [2.75, 3.05) is 18.4 Å². The largest absolute Gasteiger partial charge is 0.416 e. The summed E-state index contributed by atoms with van der Waals surface area (Å²) in [5, 5.41) is 6.67. The summed E-state index contributed by atoms with van der Waals surface area (Å²) in [6, 6.07) is 5.09. The Morgan fingerprint density at radius 1 is 1.26 bits per heavy atom. The predicted octanol–water partition coefficient (Wildman–Crippen LogP) is 4.30. The van der Waals surface area contributed by atoms with Crippen LogP contribution in [0.2, 0.25) is 0 Å². The molecule has 27 heavy (non-hydrogen) atoms. The summed E-state index contributed by atoms with van der Waals surface area (Å²) in [4.78, 5) is 18.3. The molecule has 0 unspecified atom stereocenters. The minimum Gasteiger partial charge on any atom is -0.317 e. The molecule has 0 atom stereocenters. The number of carbonyl (C=O) groups excluding carboxylic acids is 1. The summed E-state index contributed by atoms with van der Waals surface area (Å²) in [6.45, 7) is 1.95. The SMILES string of the molecule is O=C(Nc1ncc(C2CCNCC2)s1)C1(c2cccc(C(F)(F)F)c2)CC1. The van der Waals surface area contributed by atoms with Crippen molar-refractivity contribution in [3.05, 3.63) is 46.5 Å². The number of piperidine rings is 1. The Kier molecular flexibility index (Phi) is 4.71. The molecule has 1 aromatic heterocycles. The molecule has 4 nitrogen and oxygen atoms in total. The van der Waals surface area contributed by atoms with E-state index in [4.69, 9.17) is 0 Å². The van der Waals surface area contributed by atoms with E-state index in [0.29, 0.717) is 29.5 Å². The van der Waals surface area contributed by atoms with Crippen LogP contribution in [0.15, 0.2) is 30.5 Å². The molecular formula is C19H20F3N3OS. The number of nitrogens with zero attached hydrogens (tertiary/aromatic N) is 1. The van der Waals surface area contributed by atoms with E-state index >= 15 is 0 Å². The van der Waals surface area contributed by atoms with E-state index in [0.717, 1.165) is 42.9 Å². The van der Waals surface area contributed by atoms with Crippen LogP contribution in [0.25, 0.3) is 0 Å². The number of amides is 1. The molecule has 2 aliphatic rings. The van der Waals surface area contributed by atoms with Gasteiger partial charge in [0.05, 0.1) is 11.0 Å². The summed E-state index contributed by atoms with van der Waals surface area (Å²) in [7, 11) is 0. The van der Waals surface area contributed by atoms with Gasteiger partial charge in [0.15, 0.2) is 5.13 Å². The zero-order valence-electron chi connectivity index (χ0n) is 14.6. The van der Waals surface area contributed by atoms with Crippen LogP contribution in [0.1, 0.15) is 47.6 Å². The second-order valence-electron chi connectivity index (χ2n) is 7.21. The fourth-order valence-corrected chi connectivity index (χ4v) is 4.60. The smallest absolute Gasteiger partial charge is 0.317 e. The molecule has 1 saturated heterocycles. The second kappa shape index (κ2) is 6.91. The van der Waals surface area contributed by atoms with E-state index in [2.05, 4.69) is 15.6 Å². The van der Waals surface area contributed by atoms with Crippen molar-refractivity contribution in [3.8, 4) is 0 Å². The molecule has 2 heterocycles. The van der Waals surface area contributed by atoms with Gasteiger partial charge in [0, 0.05) is 11.1 Å². The highest BCUT2D eigenvalue weighted by Gasteiger charge is 2.52. The van der Waals surface area contributed by atoms with Crippen molar-refractivity contribution in [2.24, 2.45) is 0 Å². The summed E-state index contributed by atoms with van der Waals surface area (Å²) >= 11 is 1.46. The van der Waals surface area contributed by atoms with Crippen molar-refractivity contribution in [2.45, 2.75) is 43.2 Å². The molecule has 0 bridgehead atoms. The number of rotatable bonds is 4. The molecule has 1 amide bonds. The van der Waals surface area contributed by atoms with Gasteiger partial charge >= 0.3 is 6.18 Å². The number of halogens is 3. The van der Waals surface area contributed by atoms with Gasteiger partial charge < -0.3 is 10.6 Å². The first-order chi connectivity index (χ1) is 12.9. The molecule has 0 radical (unpaired) electrons. The molecule has 2 aromatic rings. The Bertz CT molecular complexity index is 839. The normalized spacial score (nSPS) is 19.7. The molecule has 0 spiro atoms. The van der Waals surface area contributed by atoms with E-state index in [1.54, 1.807) is 12.3 Å². The second-order valence-corrected chi connectivity index (χ2v) is 8.27. The molecule has 4 rings (SSSR count). The highest BCUT2D eigenvalue weighted by molar-refractivity contribution is 7.15. The van der Waals surface area contributed by atoms with Gasteiger partial charge in [-0.1, -0.05) is 18.2 Å². The van der Waals surface area contributed by atoms with Gasteiger partial charge in [-0.25, -0.2) is 4.98 Å². The maximum atomic E-state index is 13.0. The van der Waals surface area contributed by atoms with Gasteiger partial charge in [-0.2, -0.15) is 13.2 Å². The number of benzene rings is 1. The van der Waals surface area contributed by atoms with Crippen molar-refractivity contribution in [3.63, 3.8) is 0 Å². The lowest BCUT2D eigenvalue weighted by Crippen LogP contribution is -2.28. The molecule has 144 valence electrons.